The number of halogens is 1. The van der Waals surface area contributed by atoms with Crippen LogP contribution in [0.15, 0.2) is 11.6 Å². The lowest BCUT2D eigenvalue weighted by Gasteiger charge is -1.97. The first-order chi connectivity index (χ1) is 4.40. The Morgan fingerprint density at radius 1 is 1.67 bits per heavy atom. The van der Waals surface area contributed by atoms with Crippen molar-refractivity contribution in [2.75, 3.05) is 5.33 Å². The second kappa shape index (κ2) is 2.12. The van der Waals surface area contributed by atoms with E-state index >= 15 is 0 Å². The molecule has 2 aliphatic rings. The molecule has 9 heavy (non-hydrogen) atoms. The van der Waals surface area contributed by atoms with Gasteiger partial charge < -0.3 is 0 Å². The van der Waals surface area contributed by atoms with Gasteiger partial charge in [0, 0.05) is 5.33 Å². The van der Waals surface area contributed by atoms with E-state index in [0.717, 1.165) is 17.2 Å². The monoisotopic (exact) mass is 186 g/mol. The molecule has 50 valence electrons. The molecule has 0 bridgehead atoms. The number of alkyl halides is 1. The molecule has 2 atom stereocenters. The third-order valence-electron chi connectivity index (χ3n) is 2.37. The Balaban J connectivity index is 1.92. The van der Waals surface area contributed by atoms with Crippen LogP contribution in [-0.2, 0) is 0 Å². The Morgan fingerprint density at radius 2 is 2.56 bits per heavy atom. The van der Waals surface area contributed by atoms with Crippen LogP contribution in [0.25, 0.3) is 0 Å². The average molecular weight is 187 g/mol. The Bertz CT molecular complexity index is 149. The molecule has 0 aromatic heterocycles. The zero-order valence-corrected chi connectivity index (χ0v) is 7.02. The zero-order chi connectivity index (χ0) is 6.27. The van der Waals surface area contributed by atoms with Gasteiger partial charge in [-0.05, 0) is 31.1 Å². The molecule has 2 aliphatic carbocycles. The van der Waals surface area contributed by atoms with Gasteiger partial charge in [0.05, 0.1) is 0 Å². The lowest BCUT2D eigenvalue weighted by atomic mass is 10.1. The minimum Gasteiger partial charge on any atom is -0.0925 e. The lowest BCUT2D eigenvalue weighted by molar-refractivity contribution is 0.809. The number of hydrogen-bond acceptors (Lipinski definition) is 0. The fourth-order valence-electron chi connectivity index (χ4n) is 1.72. The van der Waals surface area contributed by atoms with Gasteiger partial charge in [-0.3, -0.25) is 0 Å². The van der Waals surface area contributed by atoms with Gasteiger partial charge in [0.15, 0.2) is 0 Å². The van der Waals surface area contributed by atoms with E-state index in [1.807, 2.05) is 0 Å². The topological polar surface area (TPSA) is 0 Å². The highest BCUT2D eigenvalue weighted by molar-refractivity contribution is 9.09. The van der Waals surface area contributed by atoms with Crippen LogP contribution in [0.2, 0.25) is 0 Å². The van der Waals surface area contributed by atoms with Crippen LogP contribution in [0.3, 0.4) is 0 Å². The van der Waals surface area contributed by atoms with Crippen LogP contribution in [0.4, 0.5) is 0 Å². The molecule has 0 heterocycles. The maximum Gasteiger partial charge on any atom is 0.00685 e. The van der Waals surface area contributed by atoms with Crippen molar-refractivity contribution in [3.63, 3.8) is 0 Å². The van der Waals surface area contributed by atoms with E-state index in [1.165, 1.54) is 19.3 Å². The lowest BCUT2D eigenvalue weighted by Crippen LogP contribution is -1.81. The van der Waals surface area contributed by atoms with Crippen LogP contribution < -0.4 is 0 Å². The molecule has 2 unspecified atom stereocenters. The molecule has 2 rings (SSSR count). The summed E-state index contributed by atoms with van der Waals surface area (Å²) in [5.74, 6) is 2.10. The summed E-state index contributed by atoms with van der Waals surface area (Å²) in [4.78, 5) is 0. The fraction of sp³-hybridized carbons (Fsp3) is 0.750. The van der Waals surface area contributed by atoms with E-state index in [0.29, 0.717) is 0 Å². The molecule has 0 saturated heterocycles. The third-order valence-corrected chi connectivity index (χ3v) is 2.76. The molecule has 0 aliphatic heterocycles. The number of fused-ring (bicyclic) bond motifs is 1. The summed E-state index contributed by atoms with van der Waals surface area (Å²) in [6, 6.07) is 0. The summed E-state index contributed by atoms with van der Waals surface area (Å²) in [5.41, 5.74) is 1.70. The van der Waals surface area contributed by atoms with Crippen molar-refractivity contribution in [1.29, 1.82) is 0 Å². The maximum absolute atomic E-state index is 3.45. The predicted molar refractivity (Wildman–Crippen MR) is 42.7 cm³/mol. The molecular weight excluding hydrogens is 176 g/mol. The van der Waals surface area contributed by atoms with Crippen molar-refractivity contribution in [2.24, 2.45) is 11.8 Å². The molecule has 0 amide bonds. The maximum atomic E-state index is 3.45. The second-order valence-electron chi connectivity index (χ2n) is 3.13. The van der Waals surface area contributed by atoms with E-state index in [4.69, 9.17) is 0 Å². The van der Waals surface area contributed by atoms with E-state index < -0.39 is 0 Å². The number of hydrogen-bond donors (Lipinski definition) is 0. The summed E-state index contributed by atoms with van der Waals surface area (Å²) in [5, 5.41) is 1.15. The van der Waals surface area contributed by atoms with Gasteiger partial charge in [-0.2, -0.15) is 0 Å². The van der Waals surface area contributed by atoms with Crippen molar-refractivity contribution < 1.29 is 0 Å². The van der Waals surface area contributed by atoms with Gasteiger partial charge in [0.1, 0.15) is 0 Å². The highest BCUT2D eigenvalue weighted by atomic mass is 79.9. The SMILES string of the molecule is BrCCC1=CC2CC2C1. The summed E-state index contributed by atoms with van der Waals surface area (Å²) < 4.78 is 0. The minimum atomic E-state index is 1.01. The van der Waals surface area contributed by atoms with Crippen LogP contribution in [-0.4, -0.2) is 5.33 Å². The summed E-state index contributed by atoms with van der Waals surface area (Å²) in [6.45, 7) is 0. The highest BCUT2D eigenvalue weighted by Gasteiger charge is 2.39. The first kappa shape index (κ1) is 5.96. The van der Waals surface area contributed by atoms with Gasteiger partial charge in [-0.15, -0.1) is 0 Å². The second-order valence-corrected chi connectivity index (χ2v) is 3.92. The van der Waals surface area contributed by atoms with Crippen LogP contribution in [0.1, 0.15) is 19.3 Å². The van der Waals surface area contributed by atoms with E-state index in [1.54, 1.807) is 5.57 Å². The Morgan fingerprint density at radius 3 is 3.11 bits per heavy atom. The molecule has 1 heteroatoms. The van der Waals surface area contributed by atoms with Crippen molar-refractivity contribution >= 4 is 15.9 Å². The molecule has 0 aromatic rings. The van der Waals surface area contributed by atoms with Gasteiger partial charge in [0.25, 0.3) is 0 Å². The van der Waals surface area contributed by atoms with Gasteiger partial charge in [-0.1, -0.05) is 27.6 Å². The Hall–Kier alpha value is 0.220. The molecule has 0 radical (unpaired) electrons. The molecule has 1 saturated carbocycles. The van der Waals surface area contributed by atoms with E-state index in [-0.39, 0.29) is 0 Å². The van der Waals surface area contributed by atoms with Crippen LogP contribution >= 0.6 is 15.9 Å². The quantitative estimate of drug-likeness (QED) is 0.460. The third kappa shape index (κ3) is 1.07. The van der Waals surface area contributed by atoms with Gasteiger partial charge >= 0.3 is 0 Å². The summed E-state index contributed by atoms with van der Waals surface area (Å²) in [6.07, 6.45) is 6.68. The fourth-order valence-corrected chi connectivity index (χ4v) is 2.23. The van der Waals surface area contributed by atoms with E-state index in [2.05, 4.69) is 22.0 Å². The molecule has 0 spiro atoms. The summed E-state index contributed by atoms with van der Waals surface area (Å²) in [7, 11) is 0. The van der Waals surface area contributed by atoms with Crippen LogP contribution in [0, 0.1) is 11.8 Å². The van der Waals surface area contributed by atoms with Crippen molar-refractivity contribution in [2.45, 2.75) is 19.3 Å². The average Bonchev–Trinajstić information content (AvgIpc) is 2.42. The van der Waals surface area contributed by atoms with Crippen molar-refractivity contribution in [3.05, 3.63) is 11.6 Å². The molecule has 0 nitrogen and oxygen atoms in total. The zero-order valence-electron chi connectivity index (χ0n) is 5.44. The molecule has 0 N–H and O–H groups in total. The first-order valence-corrected chi connectivity index (χ1v) is 4.78. The Kier molecular flexibility index (Phi) is 1.40. The van der Waals surface area contributed by atoms with Crippen molar-refractivity contribution in [1.82, 2.24) is 0 Å². The number of allylic oxidation sites excluding steroid dienone is 2. The minimum absolute atomic E-state index is 1.01. The molecular formula is C8H11Br. The normalized spacial score (nSPS) is 38.1. The Labute approximate surface area is 64.5 Å². The first-order valence-electron chi connectivity index (χ1n) is 3.65. The molecule has 0 aromatic carbocycles. The summed E-state index contributed by atoms with van der Waals surface area (Å²) >= 11 is 3.45. The van der Waals surface area contributed by atoms with Crippen molar-refractivity contribution in [3.8, 4) is 0 Å². The standard InChI is InChI=1S/C8H11Br/c9-2-1-6-3-7-5-8(7)4-6/h3,7-8H,1-2,4-5H2. The number of rotatable bonds is 2. The largest absolute Gasteiger partial charge is 0.0925 e. The van der Waals surface area contributed by atoms with Gasteiger partial charge in [-0.25, -0.2) is 0 Å². The molecule has 1 fully saturated rings. The van der Waals surface area contributed by atoms with Crippen LogP contribution in [0.5, 0.6) is 0 Å². The smallest absolute Gasteiger partial charge is 0.00685 e. The van der Waals surface area contributed by atoms with Gasteiger partial charge in [0.2, 0.25) is 0 Å². The van der Waals surface area contributed by atoms with E-state index in [9.17, 15) is 0 Å². The highest BCUT2D eigenvalue weighted by Crippen LogP contribution is 2.50. The predicted octanol–water partition coefficient (Wildman–Crippen LogP) is 2.74.